The maximum Gasteiger partial charge on any atom is 0.326 e. The number of H-pyrrole nitrogens is 1. The van der Waals surface area contributed by atoms with Crippen LogP contribution in [0.1, 0.15) is 18.5 Å². The zero-order valence-corrected chi connectivity index (χ0v) is 11.8. The molecular weight excluding hydrogens is 286 g/mol. The highest BCUT2D eigenvalue weighted by Crippen LogP contribution is 1.99. The summed E-state index contributed by atoms with van der Waals surface area (Å²) in [4.78, 5) is 35.8. The van der Waals surface area contributed by atoms with E-state index < -0.39 is 18.0 Å². The second-order valence-corrected chi connectivity index (χ2v) is 4.87. The Morgan fingerprint density at radius 2 is 2.30 bits per heavy atom. The maximum absolute atomic E-state index is 11.6. The first kappa shape index (κ1) is 16.2. The smallest absolute Gasteiger partial charge is 0.326 e. The number of amides is 2. The number of rotatable bonds is 8. The number of methoxy groups -OCH3 is 1. The van der Waals surface area contributed by atoms with E-state index in [1.165, 1.54) is 7.11 Å². The zero-order valence-electron chi connectivity index (χ0n) is 11.0. The molecule has 1 atom stereocenters. The average Bonchev–Trinajstić information content (AvgIpc) is 2.81. The lowest BCUT2D eigenvalue weighted by Crippen LogP contribution is -2.45. The van der Waals surface area contributed by atoms with Gasteiger partial charge in [0.1, 0.15) is 6.04 Å². The van der Waals surface area contributed by atoms with E-state index in [4.69, 9.17) is 9.84 Å². The summed E-state index contributed by atoms with van der Waals surface area (Å²) in [5, 5.41) is 15.4. The summed E-state index contributed by atoms with van der Waals surface area (Å²) in [5.41, 5.74) is 0.571. The standard InChI is InChI=1S/C11H17N3O5S/c1-19-4-2-3-8(9(15)16)14-10(17)12-5-7-6-20-11(18)13-7/h6,8H,2-5H2,1H3,(H,13,18)(H,15,16)(H2,12,14,17). The van der Waals surface area contributed by atoms with Gasteiger partial charge in [-0.3, -0.25) is 4.79 Å². The quantitative estimate of drug-likeness (QED) is 0.508. The Kier molecular flexibility index (Phi) is 6.74. The molecule has 0 saturated carbocycles. The van der Waals surface area contributed by atoms with Gasteiger partial charge in [0.15, 0.2) is 0 Å². The van der Waals surface area contributed by atoms with Crippen molar-refractivity contribution in [3.63, 3.8) is 0 Å². The van der Waals surface area contributed by atoms with Gasteiger partial charge in [-0.1, -0.05) is 11.3 Å². The minimum absolute atomic E-state index is 0.134. The van der Waals surface area contributed by atoms with E-state index in [1.807, 2.05) is 0 Å². The molecule has 1 heterocycles. The molecule has 112 valence electrons. The van der Waals surface area contributed by atoms with Gasteiger partial charge in [-0.05, 0) is 12.8 Å². The normalized spacial score (nSPS) is 11.8. The third-order valence-corrected chi connectivity index (χ3v) is 3.17. The predicted molar refractivity (Wildman–Crippen MR) is 72.8 cm³/mol. The van der Waals surface area contributed by atoms with Gasteiger partial charge in [0.2, 0.25) is 0 Å². The van der Waals surface area contributed by atoms with E-state index in [-0.39, 0.29) is 17.8 Å². The van der Waals surface area contributed by atoms with Crippen LogP contribution < -0.4 is 15.5 Å². The summed E-state index contributed by atoms with van der Waals surface area (Å²) in [6.45, 7) is 0.568. The number of carboxylic acid groups (broad SMARTS) is 1. The van der Waals surface area contributed by atoms with Crippen LogP contribution in [0.2, 0.25) is 0 Å². The van der Waals surface area contributed by atoms with Gasteiger partial charge < -0.3 is 25.5 Å². The molecular formula is C11H17N3O5S. The summed E-state index contributed by atoms with van der Waals surface area (Å²) in [5.74, 6) is -1.10. The molecule has 0 bridgehead atoms. The Hall–Kier alpha value is -1.87. The van der Waals surface area contributed by atoms with Crippen molar-refractivity contribution in [1.29, 1.82) is 0 Å². The summed E-state index contributed by atoms with van der Waals surface area (Å²) >= 11 is 0.998. The predicted octanol–water partition coefficient (Wildman–Crippen LogP) is 0.115. The Morgan fingerprint density at radius 1 is 1.55 bits per heavy atom. The van der Waals surface area contributed by atoms with Gasteiger partial charge in [-0.2, -0.15) is 0 Å². The van der Waals surface area contributed by atoms with Crippen molar-refractivity contribution < 1.29 is 19.4 Å². The van der Waals surface area contributed by atoms with E-state index in [0.29, 0.717) is 18.7 Å². The average molecular weight is 303 g/mol. The van der Waals surface area contributed by atoms with Crippen LogP contribution in [0, 0.1) is 0 Å². The van der Waals surface area contributed by atoms with Crippen molar-refractivity contribution in [1.82, 2.24) is 15.6 Å². The second-order valence-electron chi connectivity index (χ2n) is 4.03. The van der Waals surface area contributed by atoms with Gasteiger partial charge >= 0.3 is 16.9 Å². The second kappa shape index (κ2) is 8.33. The topological polar surface area (TPSA) is 121 Å². The highest BCUT2D eigenvalue weighted by Gasteiger charge is 2.19. The fourth-order valence-electron chi connectivity index (χ4n) is 1.47. The number of carbonyl (C=O) groups is 2. The molecule has 1 unspecified atom stereocenters. The number of nitrogens with one attached hydrogen (secondary N) is 3. The number of aliphatic carboxylic acids is 1. The lowest BCUT2D eigenvalue weighted by atomic mass is 10.1. The Labute approximate surface area is 119 Å². The summed E-state index contributed by atoms with van der Waals surface area (Å²) < 4.78 is 4.83. The Morgan fingerprint density at radius 3 is 2.85 bits per heavy atom. The van der Waals surface area contributed by atoms with Crippen molar-refractivity contribution in [2.75, 3.05) is 13.7 Å². The fraction of sp³-hybridized carbons (Fsp3) is 0.545. The van der Waals surface area contributed by atoms with Gasteiger partial charge in [0.25, 0.3) is 0 Å². The van der Waals surface area contributed by atoms with E-state index in [1.54, 1.807) is 5.38 Å². The number of thiazole rings is 1. The largest absolute Gasteiger partial charge is 0.480 e. The number of aromatic nitrogens is 1. The number of urea groups is 1. The minimum Gasteiger partial charge on any atom is -0.480 e. The van der Waals surface area contributed by atoms with Crippen LogP contribution in [0.3, 0.4) is 0 Å². The van der Waals surface area contributed by atoms with E-state index >= 15 is 0 Å². The first-order valence-corrected chi connectivity index (χ1v) is 6.83. The fourth-order valence-corrected chi connectivity index (χ4v) is 2.06. The molecule has 8 nitrogen and oxygen atoms in total. The minimum atomic E-state index is -1.10. The monoisotopic (exact) mass is 303 g/mol. The molecule has 0 aromatic carbocycles. The molecule has 9 heteroatoms. The third-order valence-electron chi connectivity index (χ3n) is 2.45. The van der Waals surface area contributed by atoms with E-state index in [0.717, 1.165) is 11.3 Å². The molecule has 0 fully saturated rings. The van der Waals surface area contributed by atoms with Gasteiger partial charge in [-0.15, -0.1) is 0 Å². The van der Waals surface area contributed by atoms with Crippen LogP contribution in [0.15, 0.2) is 10.2 Å². The number of hydrogen-bond acceptors (Lipinski definition) is 5. The molecule has 0 spiro atoms. The molecule has 1 rings (SSSR count). The van der Waals surface area contributed by atoms with Crippen molar-refractivity contribution >= 4 is 23.3 Å². The van der Waals surface area contributed by atoms with Crippen LogP contribution in [0.5, 0.6) is 0 Å². The van der Waals surface area contributed by atoms with Gasteiger partial charge in [0.05, 0.1) is 6.54 Å². The van der Waals surface area contributed by atoms with Crippen molar-refractivity contribution in [3.05, 3.63) is 20.7 Å². The molecule has 1 aromatic heterocycles. The third kappa shape index (κ3) is 5.85. The molecule has 0 aliphatic heterocycles. The van der Waals surface area contributed by atoms with Crippen LogP contribution in [-0.2, 0) is 16.1 Å². The molecule has 0 aliphatic rings. The summed E-state index contributed by atoms with van der Waals surface area (Å²) in [7, 11) is 1.53. The van der Waals surface area contributed by atoms with Gasteiger partial charge in [0, 0.05) is 24.8 Å². The van der Waals surface area contributed by atoms with Crippen LogP contribution in [0.4, 0.5) is 4.79 Å². The van der Waals surface area contributed by atoms with Crippen molar-refractivity contribution in [2.24, 2.45) is 0 Å². The van der Waals surface area contributed by atoms with Crippen LogP contribution in [0.25, 0.3) is 0 Å². The van der Waals surface area contributed by atoms with E-state index in [9.17, 15) is 14.4 Å². The number of aromatic amines is 1. The lowest BCUT2D eigenvalue weighted by molar-refractivity contribution is -0.139. The number of ether oxygens (including phenoxy) is 1. The molecule has 20 heavy (non-hydrogen) atoms. The summed E-state index contributed by atoms with van der Waals surface area (Å²) in [6.07, 6.45) is 0.817. The zero-order chi connectivity index (χ0) is 15.0. The Balaban J connectivity index is 2.37. The highest BCUT2D eigenvalue weighted by atomic mass is 32.1. The van der Waals surface area contributed by atoms with Crippen LogP contribution in [-0.4, -0.2) is 41.8 Å². The van der Waals surface area contributed by atoms with Crippen LogP contribution >= 0.6 is 11.3 Å². The molecule has 1 aromatic rings. The Bertz CT molecular complexity index is 498. The van der Waals surface area contributed by atoms with Crippen molar-refractivity contribution in [3.8, 4) is 0 Å². The van der Waals surface area contributed by atoms with E-state index in [2.05, 4.69) is 15.6 Å². The van der Waals surface area contributed by atoms with Crippen molar-refractivity contribution in [2.45, 2.75) is 25.4 Å². The highest BCUT2D eigenvalue weighted by molar-refractivity contribution is 7.07. The molecule has 0 saturated heterocycles. The summed E-state index contributed by atoms with van der Waals surface area (Å²) in [6, 6.07) is -1.56. The first-order valence-electron chi connectivity index (χ1n) is 5.95. The number of hydrogen-bond donors (Lipinski definition) is 4. The molecule has 0 aliphatic carbocycles. The number of carbonyl (C=O) groups excluding carboxylic acids is 1. The van der Waals surface area contributed by atoms with Gasteiger partial charge in [-0.25, -0.2) is 9.59 Å². The lowest BCUT2D eigenvalue weighted by Gasteiger charge is -2.14. The maximum atomic E-state index is 11.6. The molecule has 0 radical (unpaired) electrons. The molecule has 4 N–H and O–H groups in total. The first-order chi connectivity index (χ1) is 9.52. The SMILES string of the molecule is COCCCC(NC(=O)NCc1csc(=O)[nH]1)C(=O)O. The number of carboxylic acids is 1. The molecule has 2 amide bonds.